The van der Waals surface area contributed by atoms with Gasteiger partial charge in [-0.3, -0.25) is 0 Å². The molecule has 1 fully saturated rings. The van der Waals surface area contributed by atoms with Crippen molar-refractivity contribution in [1.29, 1.82) is 0 Å². The molecule has 1 nitrogen and oxygen atoms in total. The Morgan fingerprint density at radius 2 is 1.87 bits per heavy atom. The van der Waals surface area contributed by atoms with Gasteiger partial charge < -0.3 is 0 Å². The van der Waals surface area contributed by atoms with Crippen LogP contribution in [-0.2, 0) is 4.74 Å². The molecule has 0 unspecified atom stereocenters. The van der Waals surface area contributed by atoms with E-state index < -0.39 is 0 Å². The average Bonchev–Trinajstić information content (AvgIpc) is 2.31. The second kappa shape index (κ2) is 5.69. The third-order valence-electron chi connectivity index (χ3n) is 2.98. The molecule has 0 aliphatic heterocycles. The number of ether oxygens (including phenoxy) is 1. The normalized spacial score (nSPS) is 26.5. The monoisotopic (exact) mass is 270 g/mol. The van der Waals surface area contributed by atoms with Crippen molar-refractivity contribution in [3.05, 3.63) is 30.3 Å². The molecule has 15 heavy (non-hydrogen) atoms. The maximum absolute atomic E-state index is 5.59. The Kier molecular flexibility index (Phi) is 4.25. The molecule has 82 valence electrons. The zero-order chi connectivity index (χ0) is 10.5. The zero-order valence-electron chi connectivity index (χ0n) is 9.19. The van der Waals surface area contributed by atoms with E-state index in [1.165, 1.54) is 30.1 Å². The van der Waals surface area contributed by atoms with Crippen molar-refractivity contribution in [3.8, 4) is 0 Å². The summed E-state index contributed by atoms with van der Waals surface area (Å²) in [5.74, 6) is 0. The second-order valence-electron chi connectivity index (χ2n) is 4.03. The van der Waals surface area contributed by atoms with Crippen LogP contribution in [0, 0.1) is 0 Å². The van der Waals surface area contributed by atoms with Crippen LogP contribution in [0.3, 0.4) is 0 Å². The molecule has 1 aliphatic rings. The average molecular weight is 269 g/mol. The number of hydrogen-bond donors (Lipinski definition) is 0. The Morgan fingerprint density at radius 3 is 2.60 bits per heavy atom. The third-order valence-corrected chi connectivity index (χ3v) is 5.88. The first kappa shape index (κ1) is 11.2. The van der Waals surface area contributed by atoms with E-state index in [0.29, 0.717) is 21.1 Å². The molecule has 0 N–H and O–H groups in total. The quantitative estimate of drug-likeness (QED) is 0.766. The number of hydrogen-bond acceptors (Lipinski definition) is 1. The van der Waals surface area contributed by atoms with Crippen LogP contribution in [0.4, 0.5) is 0 Å². The van der Waals surface area contributed by atoms with Gasteiger partial charge >= 0.3 is 98.2 Å². The van der Waals surface area contributed by atoms with Crippen molar-refractivity contribution in [2.45, 2.75) is 36.6 Å². The molecule has 0 radical (unpaired) electrons. The van der Waals surface area contributed by atoms with E-state index >= 15 is 0 Å². The molecular weight excluding hydrogens is 251 g/mol. The van der Waals surface area contributed by atoms with Crippen molar-refractivity contribution < 1.29 is 4.74 Å². The van der Waals surface area contributed by atoms with E-state index in [4.69, 9.17) is 4.74 Å². The van der Waals surface area contributed by atoms with Crippen LogP contribution in [0.5, 0.6) is 0 Å². The second-order valence-corrected chi connectivity index (χ2v) is 6.78. The van der Waals surface area contributed by atoms with Crippen molar-refractivity contribution in [2.75, 3.05) is 7.11 Å². The summed E-state index contributed by atoms with van der Waals surface area (Å²) < 4.78 is 7.10. The van der Waals surface area contributed by atoms with Crippen LogP contribution in [0.2, 0.25) is 4.82 Å². The molecule has 0 heterocycles. The summed E-state index contributed by atoms with van der Waals surface area (Å²) in [6, 6.07) is 10.9. The fourth-order valence-electron chi connectivity index (χ4n) is 2.14. The molecule has 0 spiro atoms. The predicted octanol–water partition coefficient (Wildman–Crippen LogP) is 2.39. The Bertz CT molecular complexity index is 286. The van der Waals surface area contributed by atoms with Gasteiger partial charge in [0.15, 0.2) is 0 Å². The molecule has 0 aromatic heterocycles. The topological polar surface area (TPSA) is 9.23 Å². The summed E-state index contributed by atoms with van der Waals surface area (Å²) in [5.41, 5.74) is 0. The summed E-state index contributed by atoms with van der Waals surface area (Å²) in [6.45, 7) is 0. The summed E-state index contributed by atoms with van der Waals surface area (Å²) in [7, 11) is 1.87. The number of methoxy groups -OCH3 is 1. The van der Waals surface area contributed by atoms with Gasteiger partial charge in [-0.25, -0.2) is 0 Å². The van der Waals surface area contributed by atoms with Gasteiger partial charge in [0.05, 0.1) is 0 Å². The van der Waals surface area contributed by atoms with E-state index in [0.717, 1.165) is 4.82 Å². The maximum atomic E-state index is 5.59. The molecule has 2 atom stereocenters. The summed E-state index contributed by atoms with van der Waals surface area (Å²) in [5, 5.41) is 0. The molecule has 1 aliphatic carbocycles. The van der Waals surface area contributed by atoms with Crippen molar-refractivity contribution in [1.82, 2.24) is 0 Å². The van der Waals surface area contributed by atoms with Gasteiger partial charge in [-0.05, 0) is 0 Å². The van der Waals surface area contributed by atoms with Crippen molar-refractivity contribution in [2.24, 2.45) is 0 Å². The van der Waals surface area contributed by atoms with Gasteiger partial charge in [0.25, 0.3) is 0 Å². The fraction of sp³-hybridized carbons (Fsp3) is 0.538. The van der Waals surface area contributed by atoms with E-state index in [1.807, 2.05) is 7.11 Å². The molecule has 1 aromatic rings. The van der Waals surface area contributed by atoms with Gasteiger partial charge in [-0.2, -0.15) is 0 Å². The fourth-order valence-corrected chi connectivity index (χ4v) is 4.97. The predicted molar refractivity (Wildman–Crippen MR) is 64.8 cm³/mol. The van der Waals surface area contributed by atoms with Crippen LogP contribution in [-0.4, -0.2) is 28.2 Å². The zero-order valence-corrected chi connectivity index (χ0v) is 10.9. The summed E-state index contributed by atoms with van der Waals surface area (Å²) in [6.07, 6.45) is 5.86. The van der Waals surface area contributed by atoms with Gasteiger partial charge in [0, 0.05) is 0 Å². The van der Waals surface area contributed by atoms with Gasteiger partial charge in [0.1, 0.15) is 0 Å². The first-order chi connectivity index (χ1) is 7.40. The Labute approximate surface area is 98.4 Å². The van der Waals surface area contributed by atoms with Crippen molar-refractivity contribution >= 4 is 19.4 Å². The molecule has 1 aromatic carbocycles. The van der Waals surface area contributed by atoms with E-state index in [9.17, 15) is 0 Å². The van der Waals surface area contributed by atoms with Gasteiger partial charge in [-0.15, -0.1) is 0 Å². The number of rotatable bonds is 3. The summed E-state index contributed by atoms with van der Waals surface area (Å²) in [4.78, 5) is 0.790. The molecule has 1 saturated carbocycles. The molecule has 0 amide bonds. The third kappa shape index (κ3) is 3.07. The van der Waals surface area contributed by atoms with Crippen molar-refractivity contribution in [3.63, 3.8) is 0 Å². The van der Waals surface area contributed by atoms with Gasteiger partial charge in [-0.1, -0.05) is 0 Å². The Hall–Kier alpha value is -0.301. The van der Waals surface area contributed by atoms with Crippen LogP contribution in [0.1, 0.15) is 25.7 Å². The first-order valence-corrected chi connectivity index (χ1v) is 7.49. The van der Waals surface area contributed by atoms with Crippen LogP contribution >= 0.6 is 0 Å². The van der Waals surface area contributed by atoms with Crippen LogP contribution in [0.15, 0.2) is 30.3 Å². The molecule has 2 rings (SSSR count). The SMILES string of the molecule is CO[C@@H]1CCCC[C@H]1[Se]c1ccccc1. The molecular formula is C13H18OSe. The minimum absolute atomic E-state index is 0.513. The van der Waals surface area contributed by atoms with E-state index in [-0.39, 0.29) is 0 Å². The Balaban J connectivity index is 1.97. The standard InChI is InChI=1S/C13H18OSe/c1-14-12-9-5-6-10-13(12)15-11-7-3-2-4-8-11/h2-4,7-8,12-13H,5-6,9-10H2,1H3/t12-,13-/m1/s1. The summed E-state index contributed by atoms with van der Waals surface area (Å²) >= 11 is 0.586. The molecule has 0 bridgehead atoms. The molecule has 0 saturated heterocycles. The van der Waals surface area contributed by atoms with Crippen LogP contribution in [0.25, 0.3) is 0 Å². The van der Waals surface area contributed by atoms with E-state index in [2.05, 4.69) is 30.3 Å². The number of benzene rings is 1. The Morgan fingerprint density at radius 1 is 1.13 bits per heavy atom. The van der Waals surface area contributed by atoms with Gasteiger partial charge in [0.2, 0.25) is 0 Å². The first-order valence-electron chi connectivity index (χ1n) is 5.64. The molecule has 2 heteroatoms. The minimum atomic E-state index is 0.513. The van der Waals surface area contributed by atoms with E-state index in [1.54, 1.807) is 0 Å². The van der Waals surface area contributed by atoms with Crippen LogP contribution < -0.4 is 4.46 Å².